The van der Waals surface area contributed by atoms with E-state index in [0.717, 1.165) is 29.2 Å². The quantitative estimate of drug-likeness (QED) is 0.437. The first-order valence-corrected chi connectivity index (χ1v) is 11.8. The van der Waals surface area contributed by atoms with Gasteiger partial charge in [0.1, 0.15) is 0 Å². The number of pyridine rings is 1. The second-order valence-corrected chi connectivity index (χ2v) is 8.56. The van der Waals surface area contributed by atoms with Crippen LogP contribution in [0.5, 0.6) is 0 Å². The van der Waals surface area contributed by atoms with Crippen molar-refractivity contribution in [2.24, 2.45) is 0 Å². The van der Waals surface area contributed by atoms with Gasteiger partial charge in [0.25, 0.3) is 0 Å². The fourth-order valence-corrected chi connectivity index (χ4v) is 4.62. The summed E-state index contributed by atoms with van der Waals surface area (Å²) in [5, 5.41) is 16.0. The molecule has 0 spiro atoms. The number of hydrogen-bond acceptors (Lipinski definition) is 5. The van der Waals surface area contributed by atoms with Crippen LogP contribution in [0.25, 0.3) is 5.65 Å². The van der Waals surface area contributed by atoms with Gasteiger partial charge < -0.3 is 9.88 Å². The van der Waals surface area contributed by atoms with Crippen LogP contribution in [0.15, 0.2) is 65.7 Å². The summed E-state index contributed by atoms with van der Waals surface area (Å²) in [6, 6.07) is 11.7. The molecule has 0 aliphatic rings. The van der Waals surface area contributed by atoms with Crippen molar-refractivity contribution in [3.05, 3.63) is 77.1 Å². The van der Waals surface area contributed by atoms with Crippen LogP contribution in [-0.2, 0) is 4.79 Å². The van der Waals surface area contributed by atoms with E-state index in [2.05, 4.69) is 37.8 Å². The molecule has 1 N–H and O–H groups in total. The highest BCUT2D eigenvalue weighted by Crippen LogP contribution is 2.25. The number of thiophene rings is 1. The van der Waals surface area contributed by atoms with Gasteiger partial charge in [-0.1, -0.05) is 6.07 Å². The molecule has 4 aromatic heterocycles. The molecule has 0 radical (unpaired) electrons. The molecular weight excluding hydrogens is 402 g/mol. The standard InChI is InChI=1S/C21H23N5OS2/c1-28-12-8-17(21-24-23-19-6-2-3-11-26(19)21)22-20(27)14-18(16-7-13-29-15-16)25-9-4-5-10-25/h2-7,9-11,13,15,17-18H,8,12,14H2,1H3,(H,22,27)/t17-,18?/m1/s1. The van der Waals surface area contributed by atoms with Crippen LogP contribution in [0.1, 0.15) is 36.3 Å². The van der Waals surface area contributed by atoms with E-state index in [1.54, 1.807) is 23.1 Å². The molecule has 0 saturated carbocycles. The Morgan fingerprint density at radius 2 is 2.00 bits per heavy atom. The lowest BCUT2D eigenvalue weighted by Gasteiger charge is -2.21. The van der Waals surface area contributed by atoms with Gasteiger partial charge in [0.05, 0.1) is 18.5 Å². The Hall–Kier alpha value is -2.58. The van der Waals surface area contributed by atoms with Crippen molar-refractivity contribution >= 4 is 34.7 Å². The fraction of sp³-hybridized carbons (Fsp3) is 0.286. The topological polar surface area (TPSA) is 64.2 Å². The predicted octanol–water partition coefficient (Wildman–Crippen LogP) is 4.18. The lowest BCUT2D eigenvalue weighted by Crippen LogP contribution is -2.32. The average molecular weight is 426 g/mol. The molecular formula is C21H23N5OS2. The molecule has 4 heterocycles. The molecule has 0 bridgehead atoms. The van der Waals surface area contributed by atoms with Gasteiger partial charge in [0, 0.05) is 18.6 Å². The highest BCUT2D eigenvalue weighted by molar-refractivity contribution is 7.98. The van der Waals surface area contributed by atoms with Crippen LogP contribution in [0, 0.1) is 0 Å². The summed E-state index contributed by atoms with van der Waals surface area (Å²) in [6.07, 6.45) is 9.20. The zero-order valence-electron chi connectivity index (χ0n) is 16.1. The molecule has 29 heavy (non-hydrogen) atoms. The Morgan fingerprint density at radius 1 is 1.17 bits per heavy atom. The summed E-state index contributed by atoms with van der Waals surface area (Å²) in [6.45, 7) is 0. The van der Waals surface area contributed by atoms with E-state index in [9.17, 15) is 4.79 Å². The molecule has 4 rings (SSSR count). The Bertz CT molecular complexity index is 1010. The number of hydrogen-bond donors (Lipinski definition) is 1. The van der Waals surface area contributed by atoms with E-state index in [4.69, 9.17) is 0 Å². The van der Waals surface area contributed by atoms with Crippen molar-refractivity contribution in [1.29, 1.82) is 0 Å². The molecule has 8 heteroatoms. The number of amides is 1. The average Bonchev–Trinajstić information content (AvgIpc) is 3.50. The second-order valence-electron chi connectivity index (χ2n) is 6.80. The minimum absolute atomic E-state index is 0.00804. The lowest BCUT2D eigenvalue weighted by molar-refractivity contribution is -0.122. The van der Waals surface area contributed by atoms with Gasteiger partial charge in [0.2, 0.25) is 5.91 Å². The Balaban J connectivity index is 1.54. The molecule has 6 nitrogen and oxygen atoms in total. The van der Waals surface area contributed by atoms with Gasteiger partial charge >= 0.3 is 0 Å². The molecule has 150 valence electrons. The maximum atomic E-state index is 13.1. The van der Waals surface area contributed by atoms with Gasteiger partial charge in [-0.05, 0) is 65.1 Å². The number of nitrogens with zero attached hydrogens (tertiary/aromatic N) is 4. The normalized spacial score (nSPS) is 13.4. The summed E-state index contributed by atoms with van der Waals surface area (Å²) < 4.78 is 4.04. The number of aromatic nitrogens is 4. The maximum absolute atomic E-state index is 13.1. The van der Waals surface area contributed by atoms with Crippen LogP contribution in [-0.4, -0.2) is 37.1 Å². The van der Waals surface area contributed by atoms with E-state index >= 15 is 0 Å². The van der Waals surface area contributed by atoms with Crippen molar-refractivity contribution in [3.8, 4) is 0 Å². The minimum atomic E-state index is -0.180. The van der Waals surface area contributed by atoms with Crippen LogP contribution in [0.2, 0.25) is 0 Å². The van der Waals surface area contributed by atoms with E-state index < -0.39 is 0 Å². The van der Waals surface area contributed by atoms with Crippen molar-refractivity contribution in [3.63, 3.8) is 0 Å². The van der Waals surface area contributed by atoms with Gasteiger partial charge in [-0.25, -0.2) is 0 Å². The molecule has 0 aliphatic carbocycles. The largest absolute Gasteiger partial charge is 0.346 e. The van der Waals surface area contributed by atoms with Crippen LogP contribution < -0.4 is 5.32 Å². The Morgan fingerprint density at radius 3 is 2.76 bits per heavy atom. The molecule has 0 fully saturated rings. The second kappa shape index (κ2) is 9.28. The fourth-order valence-electron chi connectivity index (χ4n) is 3.44. The molecule has 0 saturated heterocycles. The summed E-state index contributed by atoms with van der Waals surface area (Å²) in [7, 11) is 0. The Labute approximate surface area is 178 Å². The number of rotatable bonds is 9. The third-order valence-corrected chi connectivity index (χ3v) is 6.24. The van der Waals surface area contributed by atoms with Crippen molar-refractivity contribution in [1.82, 2.24) is 24.5 Å². The van der Waals surface area contributed by atoms with Crippen LogP contribution >= 0.6 is 23.1 Å². The first kappa shape index (κ1) is 19.7. The monoisotopic (exact) mass is 425 g/mol. The number of fused-ring (bicyclic) bond motifs is 1. The summed E-state index contributed by atoms with van der Waals surface area (Å²) in [4.78, 5) is 13.1. The molecule has 0 aliphatic heterocycles. The smallest absolute Gasteiger partial charge is 0.223 e. The first-order chi connectivity index (χ1) is 14.3. The number of carbonyl (C=O) groups excluding carboxylic acids is 1. The van der Waals surface area contributed by atoms with Crippen molar-refractivity contribution in [2.75, 3.05) is 12.0 Å². The zero-order valence-corrected chi connectivity index (χ0v) is 17.8. The van der Waals surface area contributed by atoms with Gasteiger partial charge in [-0.2, -0.15) is 23.1 Å². The predicted molar refractivity (Wildman–Crippen MR) is 118 cm³/mol. The first-order valence-electron chi connectivity index (χ1n) is 9.49. The molecule has 1 unspecified atom stereocenters. The summed E-state index contributed by atoms with van der Waals surface area (Å²) >= 11 is 3.41. The maximum Gasteiger partial charge on any atom is 0.223 e. The molecule has 1 amide bonds. The van der Waals surface area contributed by atoms with E-state index in [-0.39, 0.29) is 18.0 Å². The lowest BCUT2D eigenvalue weighted by atomic mass is 10.1. The Kier molecular flexibility index (Phi) is 6.31. The van der Waals surface area contributed by atoms with E-state index in [1.807, 2.05) is 58.7 Å². The highest BCUT2D eigenvalue weighted by atomic mass is 32.2. The zero-order chi connectivity index (χ0) is 20.1. The van der Waals surface area contributed by atoms with Crippen molar-refractivity contribution in [2.45, 2.75) is 24.9 Å². The van der Waals surface area contributed by atoms with E-state index in [0.29, 0.717) is 6.42 Å². The highest BCUT2D eigenvalue weighted by Gasteiger charge is 2.23. The number of thioether (sulfide) groups is 1. The molecule has 4 aromatic rings. The SMILES string of the molecule is CSCC[C@@H](NC(=O)CC(c1ccsc1)n1cccc1)c1nnc2ccccn12. The summed E-state index contributed by atoms with van der Waals surface area (Å²) in [5.74, 6) is 1.71. The van der Waals surface area contributed by atoms with Crippen LogP contribution in [0.3, 0.4) is 0 Å². The minimum Gasteiger partial charge on any atom is -0.346 e. The van der Waals surface area contributed by atoms with Gasteiger partial charge in [0.15, 0.2) is 11.5 Å². The number of nitrogens with one attached hydrogen (secondary N) is 1. The van der Waals surface area contributed by atoms with Crippen molar-refractivity contribution < 1.29 is 4.79 Å². The third kappa shape index (κ3) is 4.54. The molecule has 0 aromatic carbocycles. The molecule has 2 atom stereocenters. The van der Waals surface area contributed by atoms with Gasteiger partial charge in [-0.3, -0.25) is 9.20 Å². The third-order valence-electron chi connectivity index (χ3n) is 4.89. The summed E-state index contributed by atoms with van der Waals surface area (Å²) in [5.41, 5.74) is 1.93. The number of carbonyl (C=O) groups is 1. The van der Waals surface area contributed by atoms with E-state index in [1.165, 1.54) is 0 Å². The van der Waals surface area contributed by atoms with Gasteiger partial charge in [-0.15, -0.1) is 10.2 Å². The van der Waals surface area contributed by atoms with Crippen LogP contribution in [0.4, 0.5) is 0 Å².